The van der Waals surface area contributed by atoms with Crippen LogP contribution >= 0.6 is 0 Å². The molecule has 0 bridgehead atoms. The van der Waals surface area contributed by atoms with Crippen molar-refractivity contribution in [3.05, 3.63) is 54.1 Å². The second-order valence-electron chi connectivity index (χ2n) is 5.29. The predicted molar refractivity (Wildman–Crippen MR) is 91.0 cm³/mol. The van der Waals surface area contributed by atoms with Crippen LogP contribution in [0.4, 0.5) is 5.69 Å². The van der Waals surface area contributed by atoms with E-state index in [2.05, 4.69) is 5.32 Å². The summed E-state index contributed by atoms with van der Waals surface area (Å²) in [6.45, 7) is 0. The van der Waals surface area contributed by atoms with Gasteiger partial charge in [0.1, 0.15) is 17.5 Å². The van der Waals surface area contributed by atoms with E-state index in [1.54, 1.807) is 39.3 Å². The first-order valence-electron chi connectivity index (χ1n) is 7.31. The van der Waals surface area contributed by atoms with Crippen molar-refractivity contribution >= 4 is 11.6 Å². The summed E-state index contributed by atoms with van der Waals surface area (Å²) in [5.74, 6) is 1.29. The number of likely N-dealkylation sites (N-methyl/N-ethyl adjacent to an activating group) is 1. The zero-order valence-electron chi connectivity index (χ0n) is 13.9. The summed E-state index contributed by atoms with van der Waals surface area (Å²) >= 11 is 0. The average Bonchev–Trinajstić information content (AvgIpc) is 2.59. The van der Waals surface area contributed by atoms with Gasteiger partial charge in [0.15, 0.2) is 0 Å². The van der Waals surface area contributed by atoms with Crippen LogP contribution in [0, 0.1) is 0 Å². The van der Waals surface area contributed by atoms with Crippen LogP contribution in [0.5, 0.6) is 11.5 Å². The molecule has 0 aromatic heterocycles. The van der Waals surface area contributed by atoms with Crippen LogP contribution < -0.4 is 14.8 Å². The normalized spacial score (nSPS) is 11.5. The van der Waals surface area contributed by atoms with Crippen molar-refractivity contribution < 1.29 is 14.3 Å². The Morgan fingerprint density at radius 1 is 1.04 bits per heavy atom. The monoisotopic (exact) mass is 314 g/mol. The molecule has 1 atom stereocenters. The van der Waals surface area contributed by atoms with Gasteiger partial charge in [-0.25, -0.2) is 0 Å². The zero-order chi connectivity index (χ0) is 16.8. The first kappa shape index (κ1) is 16.7. The van der Waals surface area contributed by atoms with E-state index in [1.807, 2.05) is 42.5 Å². The molecule has 122 valence electrons. The Labute approximate surface area is 136 Å². The number of hydrogen-bond acceptors (Lipinski definition) is 4. The van der Waals surface area contributed by atoms with Gasteiger partial charge in [-0.05, 0) is 17.7 Å². The molecule has 0 heterocycles. The van der Waals surface area contributed by atoms with Crippen molar-refractivity contribution in [1.82, 2.24) is 4.90 Å². The first-order chi connectivity index (χ1) is 11.1. The second-order valence-corrected chi connectivity index (χ2v) is 5.29. The van der Waals surface area contributed by atoms with Crippen LogP contribution in [0.25, 0.3) is 0 Å². The number of ether oxygens (including phenoxy) is 2. The molecule has 5 nitrogen and oxygen atoms in total. The Hall–Kier alpha value is -2.69. The summed E-state index contributed by atoms with van der Waals surface area (Å²) in [5, 5.41) is 3.28. The largest absolute Gasteiger partial charge is 0.497 e. The Morgan fingerprint density at radius 3 is 2.30 bits per heavy atom. The van der Waals surface area contributed by atoms with Crippen molar-refractivity contribution in [3.63, 3.8) is 0 Å². The van der Waals surface area contributed by atoms with E-state index in [0.29, 0.717) is 11.5 Å². The lowest BCUT2D eigenvalue weighted by molar-refractivity contribution is -0.129. The van der Waals surface area contributed by atoms with Gasteiger partial charge in [-0.3, -0.25) is 4.79 Å². The van der Waals surface area contributed by atoms with E-state index in [9.17, 15) is 4.79 Å². The molecule has 2 rings (SSSR count). The lowest BCUT2D eigenvalue weighted by Gasteiger charge is -2.24. The van der Waals surface area contributed by atoms with E-state index >= 15 is 0 Å². The number of nitrogens with zero attached hydrogens (tertiary/aromatic N) is 1. The minimum atomic E-state index is -0.492. The zero-order valence-corrected chi connectivity index (χ0v) is 13.9. The number of amides is 1. The fourth-order valence-corrected chi connectivity index (χ4v) is 2.26. The van der Waals surface area contributed by atoms with Gasteiger partial charge in [0.2, 0.25) is 5.91 Å². The average molecular weight is 314 g/mol. The highest BCUT2D eigenvalue weighted by atomic mass is 16.5. The quantitative estimate of drug-likeness (QED) is 0.890. The minimum Gasteiger partial charge on any atom is -0.497 e. The van der Waals surface area contributed by atoms with Crippen LogP contribution in [0.15, 0.2) is 48.5 Å². The molecule has 5 heteroatoms. The standard InChI is InChI=1S/C18H22N2O3/c1-20(2)18(21)17(13-8-6-5-7-9-13)19-15-11-10-14(22-3)12-16(15)23-4/h5-12,17,19H,1-4H3/t17-/m1/s1. The highest BCUT2D eigenvalue weighted by molar-refractivity contribution is 5.86. The first-order valence-corrected chi connectivity index (χ1v) is 7.31. The lowest BCUT2D eigenvalue weighted by Crippen LogP contribution is -2.32. The number of rotatable bonds is 6. The van der Waals surface area contributed by atoms with Crippen LogP contribution in [0.3, 0.4) is 0 Å². The van der Waals surface area contributed by atoms with Gasteiger partial charge in [-0.1, -0.05) is 30.3 Å². The van der Waals surface area contributed by atoms with E-state index in [1.165, 1.54) is 0 Å². The third-order valence-electron chi connectivity index (χ3n) is 3.53. The molecule has 0 saturated carbocycles. The maximum atomic E-state index is 12.6. The molecule has 23 heavy (non-hydrogen) atoms. The number of carbonyl (C=O) groups is 1. The maximum absolute atomic E-state index is 12.6. The number of hydrogen-bond donors (Lipinski definition) is 1. The number of anilines is 1. The topological polar surface area (TPSA) is 50.8 Å². The molecule has 2 aromatic carbocycles. The molecule has 0 aliphatic heterocycles. The smallest absolute Gasteiger partial charge is 0.249 e. The SMILES string of the molecule is COc1ccc(N[C@@H](C(=O)N(C)C)c2ccccc2)c(OC)c1. The summed E-state index contributed by atoms with van der Waals surface area (Å²) in [6.07, 6.45) is 0. The lowest BCUT2D eigenvalue weighted by atomic mass is 10.1. The van der Waals surface area contributed by atoms with Crippen molar-refractivity contribution in [2.75, 3.05) is 33.6 Å². The highest BCUT2D eigenvalue weighted by Gasteiger charge is 2.23. The molecule has 2 aromatic rings. The molecule has 1 N–H and O–H groups in total. The van der Waals surface area contributed by atoms with Crippen LogP contribution in [-0.2, 0) is 4.79 Å². The molecule has 0 aliphatic carbocycles. The van der Waals surface area contributed by atoms with E-state index in [-0.39, 0.29) is 5.91 Å². The molecule has 0 radical (unpaired) electrons. The number of carbonyl (C=O) groups excluding carboxylic acids is 1. The Bertz CT molecular complexity index is 657. The van der Waals surface area contributed by atoms with Gasteiger partial charge in [0.05, 0.1) is 19.9 Å². The molecular weight excluding hydrogens is 292 g/mol. The fraction of sp³-hybridized carbons (Fsp3) is 0.278. The predicted octanol–water partition coefficient (Wildman–Crippen LogP) is 2.95. The molecule has 0 aliphatic rings. The van der Waals surface area contributed by atoms with Gasteiger partial charge in [0.25, 0.3) is 0 Å². The van der Waals surface area contributed by atoms with Gasteiger partial charge in [-0.15, -0.1) is 0 Å². The van der Waals surface area contributed by atoms with Crippen molar-refractivity contribution in [3.8, 4) is 11.5 Å². The van der Waals surface area contributed by atoms with Gasteiger partial charge >= 0.3 is 0 Å². The van der Waals surface area contributed by atoms with Gasteiger partial charge in [0, 0.05) is 20.2 Å². The summed E-state index contributed by atoms with van der Waals surface area (Å²) in [7, 11) is 6.67. The van der Waals surface area contributed by atoms with E-state index in [4.69, 9.17) is 9.47 Å². The third kappa shape index (κ3) is 3.94. The van der Waals surface area contributed by atoms with Gasteiger partial charge in [-0.2, -0.15) is 0 Å². The Kier molecular flexibility index (Phi) is 5.46. The van der Waals surface area contributed by atoms with Crippen LogP contribution in [0.1, 0.15) is 11.6 Å². The van der Waals surface area contributed by atoms with Gasteiger partial charge < -0.3 is 19.7 Å². The maximum Gasteiger partial charge on any atom is 0.249 e. The molecular formula is C18H22N2O3. The Morgan fingerprint density at radius 2 is 1.74 bits per heavy atom. The van der Waals surface area contributed by atoms with E-state index < -0.39 is 6.04 Å². The van der Waals surface area contributed by atoms with Crippen molar-refractivity contribution in [2.24, 2.45) is 0 Å². The molecule has 0 fully saturated rings. The fourth-order valence-electron chi connectivity index (χ4n) is 2.26. The van der Waals surface area contributed by atoms with Crippen LogP contribution in [0.2, 0.25) is 0 Å². The molecule has 0 unspecified atom stereocenters. The van der Waals surface area contributed by atoms with E-state index in [0.717, 1.165) is 11.3 Å². The number of nitrogens with one attached hydrogen (secondary N) is 1. The number of benzene rings is 2. The minimum absolute atomic E-state index is 0.0333. The molecule has 0 spiro atoms. The molecule has 1 amide bonds. The number of methoxy groups -OCH3 is 2. The highest BCUT2D eigenvalue weighted by Crippen LogP contribution is 2.32. The Balaban J connectivity index is 2.37. The summed E-state index contributed by atoms with van der Waals surface area (Å²) in [4.78, 5) is 14.1. The summed E-state index contributed by atoms with van der Waals surface area (Å²) in [6, 6.07) is 14.6. The molecule has 0 saturated heterocycles. The van der Waals surface area contributed by atoms with Crippen LogP contribution in [-0.4, -0.2) is 39.1 Å². The summed E-state index contributed by atoms with van der Waals surface area (Å²) in [5.41, 5.74) is 1.63. The second kappa shape index (κ2) is 7.54. The van der Waals surface area contributed by atoms with Crippen molar-refractivity contribution in [2.45, 2.75) is 6.04 Å². The summed E-state index contributed by atoms with van der Waals surface area (Å²) < 4.78 is 10.6. The van der Waals surface area contributed by atoms with Crippen molar-refractivity contribution in [1.29, 1.82) is 0 Å². The third-order valence-corrected chi connectivity index (χ3v) is 3.53.